The first-order chi connectivity index (χ1) is 12.4. The highest BCUT2D eigenvalue weighted by molar-refractivity contribution is 14.1. The molecule has 2 aromatic carbocycles. The zero-order chi connectivity index (χ0) is 19.0. The van der Waals surface area contributed by atoms with E-state index in [0.29, 0.717) is 18.0 Å². The lowest BCUT2D eigenvalue weighted by atomic mass is 10.3. The predicted molar refractivity (Wildman–Crippen MR) is 111 cm³/mol. The van der Waals surface area contributed by atoms with Gasteiger partial charge in [0.1, 0.15) is 0 Å². The van der Waals surface area contributed by atoms with Gasteiger partial charge in [0.2, 0.25) is 0 Å². The third kappa shape index (κ3) is 6.17. The number of carbonyl (C=O) groups is 1. The summed E-state index contributed by atoms with van der Waals surface area (Å²) in [6, 6.07) is 13.0. The first-order valence-electron chi connectivity index (χ1n) is 8.23. The number of para-hydroxylation sites is 1. The second-order valence-corrected chi connectivity index (χ2v) is 8.42. The van der Waals surface area contributed by atoms with Crippen molar-refractivity contribution >= 4 is 50.1 Å². The summed E-state index contributed by atoms with van der Waals surface area (Å²) in [6.45, 7) is 2.44. The summed E-state index contributed by atoms with van der Waals surface area (Å²) in [5.74, 6) is 0. The fourth-order valence-electron chi connectivity index (χ4n) is 2.14. The van der Waals surface area contributed by atoms with Crippen molar-refractivity contribution in [2.75, 3.05) is 16.6 Å². The number of carbonyl (C=O) groups excluding carboxylic acids is 1. The molecule has 2 rings (SSSR count). The molecule has 0 spiro atoms. The molecule has 0 unspecified atom stereocenters. The fourth-order valence-corrected chi connectivity index (χ4v) is 3.92. The number of halogens is 1. The lowest BCUT2D eigenvalue weighted by Gasteiger charge is -2.11. The normalized spacial score (nSPS) is 11.0. The predicted octanol–water partition coefficient (Wildman–Crippen LogP) is 4.83. The summed E-state index contributed by atoms with van der Waals surface area (Å²) >= 11 is 2.07. The number of rotatable bonds is 8. The van der Waals surface area contributed by atoms with Crippen molar-refractivity contribution < 1.29 is 17.9 Å². The van der Waals surface area contributed by atoms with E-state index in [2.05, 4.69) is 39.6 Å². The largest absolute Gasteiger partial charge is 0.449 e. The van der Waals surface area contributed by atoms with Crippen LogP contribution >= 0.6 is 22.6 Å². The quantitative estimate of drug-likeness (QED) is 0.412. The molecule has 0 aliphatic heterocycles. The Kier molecular flexibility index (Phi) is 7.70. The minimum absolute atomic E-state index is 0.110. The molecule has 2 N–H and O–H groups in total. The van der Waals surface area contributed by atoms with Gasteiger partial charge < -0.3 is 4.74 Å². The van der Waals surface area contributed by atoms with Crippen LogP contribution in [0.15, 0.2) is 53.4 Å². The maximum atomic E-state index is 12.5. The molecule has 0 bridgehead atoms. The van der Waals surface area contributed by atoms with Crippen LogP contribution < -0.4 is 10.0 Å². The number of ether oxygens (including phenoxy) is 1. The lowest BCUT2D eigenvalue weighted by Crippen LogP contribution is -2.15. The van der Waals surface area contributed by atoms with Gasteiger partial charge in [-0.3, -0.25) is 10.0 Å². The third-order valence-electron chi connectivity index (χ3n) is 3.51. The van der Waals surface area contributed by atoms with Crippen molar-refractivity contribution in [2.45, 2.75) is 31.1 Å². The molecule has 0 aliphatic carbocycles. The topological polar surface area (TPSA) is 84.5 Å². The summed E-state index contributed by atoms with van der Waals surface area (Å²) in [5, 5.41) is 2.58. The number of sulfonamides is 1. The van der Waals surface area contributed by atoms with Crippen molar-refractivity contribution in [3.63, 3.8) is 0 Å². The van der Waals surface area contributed by atoms with Crippen molar-refractivity contribution in [3.05, 3.63) is 52.1 Å². The van der Waals surface area contributed by atoms with Crippen LogP contribution in [0.4, 0.5) is 16.2 Å². The van der Waals surface area contributed by atoms with Gasteiger partial charge in [0.05, 0.1) is 17.2 Å². The molecule has 0 saturated carbocycles. The monoisotopic (exact) mass is 488 g/mol. The highest BCUT2D eigenvalue weighted by atomic mass is 127. The van der Waals surface area contributed by atoms with E-state index < -0.39 is 16.1 Å². The Balaban J connectivity index is 1.97. The minimum atomic E-state index is -3.70. The van der Waals surface area contributed by atoms with Crippen LogP contribution in [0.1, 0.15) is 26.2 Å². The van der Waals surface area contributed by atoms with Gasteiger partial charge in [-0.05, 0) is 65.4 Å². The van der Waals surface area contributed by atoms with Crippen LogP contribution in [-0.2, 0) is 14.8 Å². The van der Waals surface area contributed by atoms with Crippen molar-refractivity contribution in [2.24, 2.45) is 0 Å². The molecule has 8 heteroatoms. The maximum Gasteiger partial charge on any atom is 0.411 e. The van der Waals surface area contributed by atoms with E-state index in [4.69, 9.17) is 4.74 Å². The number of benzene rings is 2. The summed E-state index contributed by atoms with van der Waals surface area (Å²) < 4.78 is 33.3. The van der Waals surface area contributed by atoms with Crippen LogP contribution in [0.2, 0.25) is 0 Å². The molecular formula is C18H21IN2O4S. The second kappa shape index (κ2) is 9.77. The molecule has 0 atom stereocenters. The van der Waals surface area contributed by atoms with E-state index in [1.54, 1.807) is 12.1 Å². The fraction of sp³-hybridized carbons (Fsp3) is 0.278. The van der Waals surface area contributed by atoms with Crippen molar-refractivity contribution in [1.82, 2.24) is 0 Å². The number of unbranched alkanes of at least 4 members (excludes halogenated alkanes) is 2. The standard InChI is InChI=1S/C18H21IN2O4S/c1-2-3-6-13-25-18(22)20-14-9-11-15(12-10-14)26(23,24)21-17-8-5-4-7-16(17)19/h4-5,7-12,21H,2-3,6,13H2,1H3,(H,20,22). The average molecular weight is 488 g/mol. The van der Waals surface area contributed by atoms with Gasteiger partial charge in [-0.1, -0.05) is 31.9 Å². The van der Waals surface area contributed by atoms with Gasteiger partial charge >= 0.3 is 6.09 Å². The minimum Gasteiger partial charge on any atom is -0.449 e. The van der Waals surface area contributed by atoms with Gasteiger partial charge in [-0.2, -0.15) is 0 Å². The number of nitrogens with one attached hydrogen (secondary N) is 2. The van der Waals surface area contributed by atoms with Gasteiger partial charge in [0.15, 0.2) is 0 Å². The van der Waals surface area contributed by atoms with Crippen molar-refractivity contribution in [3.8, 4) is 0 Å². The molecular weight excluding hydrogens is 467 g/mol. The van der Waals surface area contributed by atoms with Crippen LogP contribution in [0.25, 0.3) is 0 Å². The van der Waals surface area contributed by atoms with Crippen LogP contribution in [0.3, 0.4) is 0 Å². The highest BCUT2D eigenvalue weighted by Crippen LogP contribution is 2.22. The summed E-state index contributed by atoms with van der Waals surface area (Å²) in [7, 11) is -3.70. The van der Waals surface area contributed by atoms with Gasteiger partial charge in [0, 0.05) is 9.26 Å². The Labute approximate surface area is 167 Å². The van der Waals surface area contributed by atoms with Gasteiger partial charge in [-0.25, -0.2) is 13.2 Å². The van der Waals surface area contributed by atoms with Gasteiger partial charge in [0.25, 0.3) is 10.0 Å². The summed E-state index contributed by atoms with van der Waals surface area (Å²) in [6.07, 6.45) is 2.34. The molecule has 0 saturated heterocycles. The van der Waals surface area contributed by atoms with E-state index in [1.807, 2.05) is 12.1 Å². The Morgan fingerprint density at radius 3 is 2.42 bits per heavy atom. The highest BCUT2D eigenvalue weighted by Gasteiger charge is 2.15. The molecule has 6 nitrogen and oxygen atoms in total. The number of amides is 1. The second-order valence-electron chi connectivity index (χ2n) is 5.58. The molecule has 1 amide bonds. The van der Waals surface area contributed by atoms with Crippen LogP contribution in [0.5, 0.6) is 0 Å². The smallest absolute Gasteiger partial charge is 0.411 e. The lowest BCUT2D eigenvalue weighted by molar-refractivity contribution is 0.159. The van der Waals surface area contributed by atoms with Crippen LogP contribution in [0, 0.1) is 3.57 Å². The first-order valence-corrected chi connectivity index (χ1v) is 10.8. The zero-order valence-electron chi connectivity index (χ0n) is 14.4. The Morgan fingerprint density at radius 1 is 1.08 bits per heavy atom. The van der Waals surface area contributed by atoms with E-state index in [9.17, 15) is 13.2 Å². The molecule has 2 aromatic rings. The maximum absolute atomic E-state index is 12.5. The summed E-state index contributed by atoms with van der Waals surface area (Å²) in [5.41, 5.74) is 0.990. The molecule has 140 valence electrons. The number of hydrogen-bond acceptors (Lipinski definition) is 4. The molecule has 26 heavy (non-hydrogen) atoms. The molecule has 0 aromatic heterocycles. The third-order valence-corrected chi connectivity index (χ3v) is 5.83. The van der Waals surface area contributed by atoms with Gasteiger partial charge in [-0.15, -0.1) is 0 Å². The Hall–Kier alpha value is -1.81. The first kappa shape index (κ1) is 20.5. The summed E-state index contributed by atoms with van der Waals surface area (Å²) in [4.78, 5) is 11.8. The van der Waals surface area contributed by atoms with Crippen LogP contribution in [-0.4, -0.2) is 21.1 Å². The van der Waals surface area contributed by atoms with E-state index in [1.165, 1.54) is 24.3 Å². The average Bonchev–Trinajstić information content (AvgIpc) is 2.61. The Morgan fingerprint density at radius 2 is 1.77 bits per heavy atom. The number of anilines is 2. The van der Waals surface area contributed by atoms with Crippen molar-refractivity contribution in [1.29, 1.82) is 0 Å². The Bertz CT molecular complexity index is 839. The molecule has 0 heterocycles. The molecule has 0 radical (unpaired) electrons. The van der Waals surface area contributed by atoms with E-state index >= 15 is 0 Å². The zero-order valence-corrected chi connectivity index (χ0v) is 17.3. The number of hydrogen-bond donors (Lipinski definition) is 2. The SMILES string of the molecule is CCCCCOC(=O)Nc1ccc(S(=O)(=O)Nc2ccccc2I)cc1. The van der Waals surface area contributed by atoms with E-state index in [-0.39, 0.29) is 4.90 Å². The van der Waals surface area contributed by atoms with E-state index in [0.717, 1.165) is 22.8 Å². The molecule has 0 aliphatic rings. The molecule has 0 fully saturated rings.